The molecule has 0 unspecified atom stereocenters. The zero-order valence-corrected chi connectivity index (χ0v) is 16.3. The highest BCUT2D eigenvalue weighted by atomic mass is 35.5. The molecule has 4 N–H and O–H groups in total. The summed E-state index contributed by atoms with van der Waals surface area (Å²) in [5.74, 6) is -1.34. The number of nitrogens with zero attached hydrogens (tertiary/aromatic N) is 2. The van der Waals surface area contributed by atoms with Crippen LogP contribution in [0.3, 0.4) is 0 Å². The molecule has 6 nitrogen and oxygen atoms in total. The van der Waals surface area contributed by atoms with Crippen LogP contribution in [0.25, 0.3) is 10.9 Å². The van der Waals surface area contributed by atoms with E-state index in [4.69, 9.17) is 17.3 Å². The van der Waals surface area contributed by atoms with Crippen LogP contribution in [0.1, 0.15) is 23.7 Å². The fourth-order valence-electron chi connectivity index (χ4n) is 2.48. The van der Waals surface area contributed by atoms with Gasteiger partial charge in [0.2, 0.25) is 0 Å². The van der Waals surface area contributed by atoms with Crippen LogP contribution < -0.4 is 15.8 Å². The number of halogens is 3. The number of nitrogen functional groups attached to an aromatic ring is 1. The molecule has 0 saturated heterocycles. The summed E-state index contributed by atoms with van der Waals surface area (Å²) in [6.45, 7) is 2.02. The van der Waals surface area contributed by atoms with Gasteiger partial charge in [0.1, 0.15) is 23.8 Å². The molecule has 1 aromatic heterocycles. The molecule has 2 aromatic carbocycles. The number of anilines is 3. The maximum absolute atomic E-state index is 14.3. The van der Waals surface area contributed by atoms with Gasteiger partial charge in [-0.15, -0.1) is 0 Å². The van der Waals surface area contributed by atoms with Crippen LogP contribution in [-0.4, -0.2) is 21.6 Å². The van der Waals surface area contributed by atoms with Crippen LogP contribution in [0.5, 0.6) is 0 Å². The summed E-state index contributed by atoms with van der Waals surface area (Å²) in [5.41, 5.74) is 6.00. The second kappa shape index (κ2) is 8.57. The van der Waals surface area contributed by atoms with E-state index in [1.54, 1.807) is 0 Å². The molecule has 146 valence electrons. The summed E-state index contributed by atoms with van der Waals surface area (Å²) in [5, 5.41) is 2.59. The number of aromatic nitrogens is 2. The third-order valence-corrected chi connectivity index (χ3v) is 5.17. The van der Waals surface area contributed by atoms with Crippen molar-refractivity contribution >= 4 is 57.6 Å². The van der Waals surface area contributed by atoms with Gasteiger partial charge in [0.05, 0.1) is 27.5 Å². The van der Waals surface area contributed by atoms with Gasteiger partial charge < -0.3 is 15.8 Å². The summed E-state index contributed by atoms with van der Waals surface area (Å²) in [6, 6.07) is 4.78. The summed E-state index contributed by atoms with van der Waals surface area (Å²) >= 11 is 7.65. The summed E-state index contributed by atoms with van der Waals surface area (Å²) in [4.78, 5) is 20.5. The van der Waals surface area contributed by atoms with Crippen molar-refractivity contribution in [1.29, 1.82) is 0 Å². The molecule has 0 fully saturated rings. The van der Waals surface area contributed by atoms with Crippen LogP contribution in [0.4, 0.5) is 26.0 Å². The van der Waals surface area contributed by atoms with Crippen molar-refractivity contribution in [2.45, 2.75) is 13.3 Å². The van der Waals surface area contributed by atoms with Crippen LogP contribution in [0.15, 0.2) is 30.6 Å². The van der Waals surface area contributed by atoms with E-state index in [-0.39, 0.29) is 33.0 Å². The minimum absolute atomic E-state index is 0.00630. The average molecular weight is 424 g/mol. The molecule has 0 bridgehead atoms. The smallest absolute Gasteiger partial charge is 0.258 e. The second-order valence-electron chi connectivity index (χ2n) is 5.80. The normalized spacial score (nSPS) is 10.9. The molecule has 0 atom stereocenters. The lowest BCUT2D eigenvalue weighted by Gasteiger charge is -2.14. The van der Waals surface area contributed by atoms with Gasteiger partial charge in [0.15, 0.2) is 0 Å². The summed E-state index contributed by atoms with van der Waals surface area (Å²) in [7, 11) is 0. The van der Waals surface area contributed by atoms with Gasteiger partial charge in [-0.05, 0) is 30.7 Å². The van der Waals surface area contributed by atoms with Crippen molar-refractivity contribution in [3.05, 3.63) is 52.8 Å². The molecule has 28 heavy (non-hydrogen) atoms. The van der Waals surface area contributed by atoms with Crippen LogP contribution in [-0.2, 0) is 0 Å². The number of carbonyl (C=O) groups is 1. The maximum Gasteiger partial charge on any atom is 0.258 e. The highest BCUT2D eigenvalue weighted by Gasteiger charge is 2.19. The molecule has 0 spiro atoms. The van der Waals surface area contributed by atoms with Gasteiger partial charge in [0, 0.05) is 11.1 Å². The maximum atomic E-state index is 14.3. The van der Waals surface area contributed by atoms with Crippen LogP contribution >= 0.6 is 23.5 Å². The number of amides is 1. The lowest BCUT2D eigenvalue weighted by Crippen LogP contribution is -2.15. The molecule has 10 heteroatoms. The van der Waals surface area contributed by atoms with Crippen molar-refractivity contribution in [3.63, 3.8) is 0 Å². The Morgan fingerprint density at radius 3 is 2.82 bits per heavy atom. The van der Waals surface area contributed by atoms with E-state index in [1.807, 2.05) is 6.92 Å². The number of hydrogen-bond donors (Lipinski definition) is 3. The van der Waals surface area contributed by atoms with E-state index in [2.05, 4.69) is 20.0 Å². The highest BCUT2D eigenvalue weighted by molar-refractivity contribution is 8.00. The third-order valence-electron chi connectivity index (χ3n) is 3.80. The summed E-state index contributed by atoms with van der Waals surface area (Å²) < 4.78 is 31.3. The Labute approximate surface area is 169 Å². The quantitative estimate of drug-likeness (QED) is 0.387. The molecule has 0 aliphatic rings. The fraction of sp³-hybridized carbons (Fsp3) is 0.167. The fourth-order valence-corrected chi connectivity index (χ4v) is 3.42. The molecule has 0 aliphatic carbocycles. The van der Waals surface area contributed by atoms with Gasteiger partial charge >= 0.3 is 0 Å². The lowest BCUT2D eigenvalue weighted by molar-refractivity contribution is 0.102. The largest absolute Gasteiger partial charge is 0.383 e. The number of nitrogens with one attached hydrogen (secondary N) is 2. The first-order valence-corrected chi connectivity index (χ1v) is 9.65. The first-order valence-electron chi connectivity index (χ1n) is 8.29. The number of rotatable bonds is 6. The molecule has 0 saturated carbocycles. The number of hydrogen-bond acceptors (Lipinski definition) is 6. The van der Waals surface area contributed by atoms with E-state index >= 15 is 0 Å². The number of fused-ring (bicyclic) bond motifs is 1. The van der Waals surface area contributed by atoms with Gasteiger partial charge in [-0.2, -0.15) is 0 Å². The third kappa shape index (κ3) is 4.10. The molecule has 0 aliphatic heterocycles. The molecule has 3 aromatic rings. The topological polar surface area (TPSA) is 92.9 Å². The molecule has 1 heterocycles. The standard InChI is InChI=1S/C18H16ClF2N5OS/c1-2-5-28-26-13-4-3-12(21)16(14(13)19)25-18(27)11-7-9(20)6-10-15(11)23-8-24-17(10)22/h3-4,6-8,26H,2,5H2,1H3,(H,25,27)(H2,22,23,24). The Bertz CT molecular complexity index is 1050. The number of benzene rings is 2. The van der Waals surface area contributed by atoms with Gasteiger partial charge in [-0.25, -0.2) is 18.7 Å². The molecule has 0 radical (unpaired) electrons. The highest BCUT2D eigenvalue weighted by Crippen LogP contribution is 2.35. The average Bonchev–Trinajstić information content (AvgIpc) is 2.67. The summed E-state index contributed by atoms with van der Waals surface area (Å²) in [6.07, 6.45) is 2.10. The minimum Gasteiger partial charge on any atom is -0.383 e. The first-order chi connectivity index (χ1) is 13.4. The zero-order chi connectivity index (χ0) is 20.3. The van der Waals surface area contributed by atoms with Gasteiger partial charge in [-0.1, -0.05) is 30.5 Å². The van der Waals surface area contributed by atoms with Crippen molar-refractivity contribution in [1.82, 2.24) is 9.97 Å². The predicted octanol–water partition coefficient (Wildman–Crippen LogP) is 4.87. The monoisotopic (exact) mass is 423 g/mol. The van der Waals surface area contributed by atoms with E-state index in [0.717, 1.165) is 30.6 Å². The lowest BCUT2D eigenvalue weighted by atomic mass is 10.1. The number of nitrogens with two attached hydrogens (primary N) is 1. The Morgan fingerprint density at radius 2 is 2.07 bits per heavy atom. The molecule has 1 amide bonds. The number of carbonyl (C=O) groups excluding carboxylic acids is 1. The van der Waals surface area contributed by atoms with Crippen molar-refractivity contribution in [2.75, 3.05) is 21.5 Å². The Morgan fingerprint density at radius 1 is 1.29 bits per heavy atom. The van der Waals surface area contributed by atoms with Crippen molar-refractivity contribution in [3.8, 4) is 0 Å². The minimum atomic E-state index is -0.776. The van der Waals surface area contributed by atoms with Crippen molar-refractivity contribution < 1.29 is 13.6 Å². The van der Waals surface area contributed by atoms with E-state index in [1.165, 1.54) is 24.1 Å². The zero-order valence-electron chi connectivity index (χ0n) is 14.7. The molecular formula is C18H16ClF2N5OS. The first kappa shape index (κ1) is 20.1. The van der Waals surface area contributed by atoms with Crippen LogP contribution in [0.2, 0.25) is 5.02 Å². The van der Waals surface area contributed by atoms with Gasteiger partial charge in [0.25, 0.3) is 5.91 Å². The molecular weight excluding hydrogens is 408 g/mol. The molecule has 3 rings (SSSR count). The van der Waals surface area contributed by atoms with Crippen molar-refractivity contribution in [2.24, 2.45) is 0 Å². The van der Waals surface area contributed by atoms with Gasteiger partial charge in [-0.3, -0.25) is 4.79 Å². The van der Waals surface area contributed by atoms with E-state index < -0.39 is 17.5 Å². The predicted molar refractivity (Wildman–Crippen MR) is 110 cm³/mol. The van der Waals surface area contributed by atoms with E-state index in [9.17, 15) is 13.6 Å². The van der Waals surface area contributed by atoms with Crippen LogP contribution in [0, 0.1) is 11.6 Å². The SMILES string of the molecule is CCCSNc1ccc(F)c(NC(=O)c2cc(F)cc3c(N)ncnc23)c1Cl. The second-order valence-corrected chi connectivity index (χ2v) is 7.08. The van der Waals surface area contributed by atoms with E-state index in [0.29, 0.717) is 5.69 Å². The Kier molecular flexibility index (Phi) is 6.15. The Balaban J connectivity index is 1.97. The Hall–Kier alpha value is -2.65.